The summed E-state index contributed by atoms with van der Waals surface area (Å²) in [7, 11) is 0. The third kappa shape index (κ3) is 4.38. The maximum Gasteiger partial charge on any atom is 0.316 e. The molecule has 1 saturated carbocycles. The summed E-state index contributed by atoms with van der Waals surface area (Å²) in [4.78, 5) is 39.6. The van der Waals surface area contributed by atoms with Crippen molar-refractivity contribution in [2.24, 2.45) is 0 Å². The second-order valence-electron chi connectivity index (χ2n) is 7.76. The fraction of sp³-hybridized carbons (Fsp3) is 0.500. The molecule has 0 radical (unpaired) electrons. The van der Waals surface area contributed by atoms with Gasteiger partial charge in [0.25, 0.3) is 11.8 Å². The maximum absolute atomic E-state index is 12.8. The first-order chi connectivity index (χ1) is 14.0. The molecule has 3 aliphatic rings. The molecule has 1 fully saturated rings. The van der Waals surface area contributed by atoms with Crippen LogP contribution in [0.1, 0.15) is 57.8 Å². The molecule has 1 heterocycles. The van der Waals surface area contributed by atoms with Crippen molar-refractivity contribution in [3.63, 3.8) is 0 Å². The minimum Gasteiger partial charge on any atom is -0.462 e. The van der Waals surface area contributed by atoms with E-state index in [9.17, 15) is 14.4 Å². The SMILES string of the molecule is O=C(CSc1cc(N2C(=O)C3=C(CCCC3)C2=O)ccc1Cl)OC1CCCCC1. The summed E-state index contributed by atoms with van der Waals surface area (Å²) >= 11 is 7.58. The molecular weight excluding hydrogens is 410 g/mol. The molecule has 1 aromatic rings. The molecule has 2 amide bonds. The van der Waals surface area contributed by atoms with Crippen LogP contribution in [0.3, 0.4) is 0 Å². The van der Waals surface area contributed by atoms with Crippen LogP contribution >= 0.6 is 23.4 Å². The van der Waals surface area contributed by atoms with Crippen LogP contribution in [0.15, 0.2) is 34.2 Å². The zero-order valence-electron chi connectivity index (χ0n) is 16.2. The summed E-state index contributed by atoms with van der Waals surface area (Å²) in [5.41, 5.74) is 1.81. The number of nitrogens with zero attached hydrogens (tertiary/aromatic N) is 1. The van der Waals surface area contributed by atoms with Gasteiger partial charge in [-0.3, -0.25) is 14.4 Å². The monoisotopic (exact) mass is 433 g/mol. The smallest absolute Gasteiger partial charge is 0.316 e. The van der Waals surface area contributed by atoms with Gasteiger partial charge in [-0.15, -0.1) is 11.8 Å². The molecule has 0 unspecified atom stereocenters. The number of esters is 1. The van der Waals surface area contributed by atoms with E-state index in [-0.39, 0.29) is 29.6 Å². The minimum atomic E-state index is -0.256. The summed E-state index contributed by atoms with van der Waals surface area (Å²) in [5.74, 6) is -0.552. The van der Waals surface area contributed by atoms with E-state index in [2.05, 4.69) is 0 Å². The Morgan fingerprint density at radius 1 is 1.03 bits per heavy atom. The van der Waals surface area contributed by atoms with Crippen molar-refractivity contribution >= 4 is 46.8 Å². The zero-order valence-corrected chi connectivity index (χ0v) is 17.8. The molecule has 4 rings (SSSR count). The number of amides is 2. The van der Waals surface area contributed by atoms with E-state index in [1.165, 1.54) is 23.1 Å². The van der Waals surface area contributed by atoms with E-state index in [1.54, 1.807) is 18.2 Å². The Balaban J connectivity index is 1.43. The molecule has 0 bridgehead atoms. The quantitative estimate of drug-likeness (QED) is 0.369. The minimum absolute atomic E-state index is 0.0240. The van der Waals surface area contributed by atoms with E-state index in [0.29, 0.717) is 39.6 Å². The Bertz CT molecular complexity index is 848. The second kappa shape index (κ2) is 8.92. The molecule has 0 aromatic heterocycles. The zero-order chi connectivity index (χ0) is 20.4. The Kier molecular flexibility index (Phi) is 6.30. The van der Waals surface area contributed by atoms with E-state index >= 15 is 0 Å². The van der Waals surface area contributed by atoms with Gasteiger partial charge < -0.3 is 4.74 Å². The molecule has 0 N–H and O–H groups in total. The number of ether oxygens (including phenoxy) is 1. The first-order valence-corrected chi connectivity index (χ1v) is 11.6. The number of benzene rings is 1. The Morgan fingerprint density at radius 3 is 2.34 bits per heavy atom. The van der Waals surface area contributed by atoms with Crippen molar-refractivity contribution in [1.29, 1.82) is 0 Å². The molecule has 0 atom stereocenters. The van der Waals surface area contributed by atoms with Crippen LogP contribution in [-0.4, -0.2) is 29.6 Å². The van der Waals surface area contributed by atoms with E-state index in [4.69, 9.17) is 16.3 Å². The second-order valence-corrected chi connectivity index (χ2v) is 9.19. The molecule has 29 heavy (non-hydrogen) atoms. The van der Waals surface area contributed by atoms with E-state index < -0.39 is 0 Å². The van der Waals surface area contributed by atoms with Crippen molar-refractivity contribution in [2.45, 2.75) is 68.8 Å². The average Bonchev–Trinajstić information content (AvgIpc) is 2.99. The summed E-state index contributed by atoms with van der Waals surface area (Å²) in [6.45, 7) is 0. The van der Waals surface area contributed by atoms with Gasteiger partial charge >= 0.3 is 5.97 Å². The van der Waals surface area contributed by atoms with Gasteiger partial charge in [-0.2, -0.15) is 0 Å². The van der Waals surface area contributed by atoms with Gasteiger partial charge in [0.05, 0.1) is 16.5 Å². The lowest BCUT2D eigenvalue weighted by Gasteiger charge is -2.21. The van der Waals surface area contributed by atoms with Crippen LogP contribution in [-0.2, 0) is 19.1 Å². The van der Waals surface area contributed by atoms with Crippen LogP contribution in [0, 0.1) is 0 Å². The van der Waals surface area contributed by atoms with Gasteiger partial charge in [-0.25, -0.2) is 4.90 Å². The number of carbonyl (C=O) groups excluding carboxylic acids is 3. The highest BCUT2D eigenvalue weighted by Gasteiger charge is 2.39. The molecule has 154 valence electrons. The number of thioether (sulfide) groups is 1. The summed E-state index contributed by atoms with van der Waals surface area (Å²) < 4.78 is 5.55. The highest BCUT2D eigenvalue weighted by molar-refractivity contribution is 8.00. The largest absolute Gasteiger partial charge is 0.462 e. The van der Waals surface area contributed by atoms with E-state index in [0.717, 1.165) is 38.5 Å². The number of hydrogen-bond donors (Lipinski definition) is 0. The molecule has 7 heteroatoms. The van der Waals surface area contributed by atoms with Gasteiger partial charge in [0.2, 0.25) is 0 Å². The third-order valence-corrected chi connectivity index (χ3v) is 7.23. The number of rotatable bonds is 5. The first-order valence-electron chi connectivity index (χ1n) is 10.3. The van der Waals surface area contributed by atoms with Crippen molar-refractivity contribution in [3.05, 3.63) is 34.4 Å². The highest BCUT2D eigenvalue weighted by Crippen LogP contribution is 2.38. The van der Waals surface area contributed by atoms with Gasteiger partial charge in [0.1, 0.15) is 6.10 Å². The Labute approximate surface area is 179 Å². The average molecular weight is 434 g/mol. The Hall–Kier alpha value is -1.79. The number of halogens is 1. The fourth-order valence-electron chi connectivity index (χ4n) is 4.26. The number of imide groups is 1. The van der Waals surface area contributed by atoms with Crippen LogP contribution in [0.25, 0.3) is 0 Å². The maximum atomic E-state index is 12.8. The lowest BCUT2D eigenvalue weighted by molar-refractivity contribution is -0.147. The van der Waals surface area contributed by atoms with Crippen LogP contribution in [0.5, 0.6) is 0 Å². The summed E-state index contributed by atoms with van der Waals surface area (Å²) in [5, 5.41) is 0.487. The van der Waals surface area contributed by atoms with Crippen molar-refractivity contribution in [3.8, 4) is 0 Å². The normalized spacial score (nSPS) is 20.2. The lowest BCUT2D eigenvalue weighted by Crippen LogP contribution is -2.31. The molecule has 0 spiro atoms. The van der Waals surface area contributed by atoms with Crippen LogP contribution in [0.2, 0.25) is 5.02 Å². The summed E-state index contributed by atoms with van der Waals surface area (Å²) in [6, 6.07) is 5.07. The number of anilines is 1. The molecule has 1 aromatic carbocycles. The van der Waals surface area contributed by atoms with Crippen molar-refractivity contribution in [2.75, 3.05) is 10.7 Å². The highest BCUT2D eigenvalue weighted by atomic mass is 35.5. The summed E-state index contributed by atoms with van der Waals surface area (Å²) in [6.07, 6.45) is 8.52. The first kappa shape index (κ1) is 20.5. The van der Waals surface area contributed by atoms with Gasteiger partial charge in [0.15, 0.2) is 0 Å². The lowest BCUT2D eigenvalue weighted by atomic mass is 9.93. The van der Waals surface area contributed by atoms with Crippen molar-refractivity contribution in [1.82, 2.24) is 0 Å². The predicted molar refractivity (Wildman–Crippen MR) is 113 cm³/mol. The Morgan fingerprint density at radius 2 is 1.69 bits per heavy atom. The number of hydrogen-bond acceptors (Lipinski definition) is 5. The fourth-order valence-corrected chi connectivity index (χ4v) is 5.29. The van der Waals surface area contributed by atoms with Crippen molar-refractivity contribution < 1.29 is 19.1 Å². The molecule has 5 nitrogen and oxygen atoms in total. The predicted octanol–water partition coefficient (Wildman–Crippen LogP) is 5.05. The standard InChI is InChI=1S/C22H24ClNO4S/c23-18-11-10-14(24-21(26)16-8-4-5-9-17(16)22(24)27)12-19(18)29-13-20(25)28-15-6-2-1-3-7-15/h10-12,15H,1-9,13H2. The molecule has 1 aliphatic heterocycles. The third-order valence-electron chi connectivity index (χ3n) is 5.76. The number of carbonyl (C=O) groups is 3. The van der Waals surface area contributed by atoms with E-state index in [1.807, 2.05) is 0 Å². The topological polar surface area (TPSA) is 63.7 Å². The molecule has 2 aliphatic carbocycles. The van der Waals surface area contributed by atoms with Crippen LogP contribution < -0.4 is 4.90 Å². The van der Waals surface area contributed by atoms with Gasteiger partial charge in [-0.1, -0.05) is 18.0 Å². The van der Waals surface area contributed by atoms with Crippen LogP contribution in [0.4, 0.5) is 5.69 Å². The van der Waals surface area contributed by atoms with Gasteiger partial charge in [0, 0.05) is 16.0 Å². The van der Waals surface area contributed by atoms with Gasteiger partial charge in [-0.05, 0) is 69.6 Å². The molecule has 0 saturated heterocycles. The molecular formula is C22H24ClNO4S.